The average molecular weight is 1530 g/mol. The summed E-state index contributed by atoms with van der Waals surface area (Å²) in [5.41, 5.74) is 19.4. The number of aryl methyl sites for hydroxylation is 2. The van der Waals surface area contributed by atoms with Crippen LogP contribution >= 0.6 is 0 Å². The number of hydrogen-bond acceptors (Lipinski definition) is 14. The topological polar surface area (TPSA) is 182 Å². The third-order valence-corrected chi connectivity index (χ3v) is 26.9. The molecule has 114 heavy (non-hydrogen) atoms. The van der Waals surface area contributed by atoms with E-state index in [9.17, 15) is 33.9 Å². The fourth-order valence-corrected chi connectivity index (χ4v) is 20.6. The van der Waals surface area contributed by atoms with Gasteiger partial charge in [-0.15, -0.1) is 0 Å². The smallest absolute Gasteiger partial charge is 0.255 e. The Kier molecular flexibility index (Phi) is 21.3. The van der Waals surface area contributed by atoms with Crippen LogP contribution in [0.4, 0.5) is 22.7 Å². The number of rotatable bonds is 15. The summed E-state index contributed by atoms with van der Waals surface area (Å²) in [5, 5.41) is 15.0. The van der Waals surface area contributed by atoms with E-state index in [1.807, 2.05) is 30.3 Å². The molecule has 8 aromatic carbocycles. The summed E-state index contributed by atoms with van der Waals surface area (Å²) >= 11 is 0. The maximum atomic E-state index is 13.2. The average Bonchev–Trinajstić information content (AvgIpc) is 1.49. The molecule has 6 atom stereocenters. The molecule has 0 spiro atoms. The zero-order chi connectivity index (χ0) is 78.6. The number of nitrogens with zero attached hydrogens (tertiary/aromatic N) is 8. The van der Waals surface area contributed by atoms with E-state index in [-0.39, 0.29) is 70.6 Å². The molecule has 8 aromatic rings. The third kappa shape index (κ3) is 16.1. The van der Waals surface area contributed by atoms with E-state index in [0.717, 1.165) is 158 Å². The first-order valence-corrected chi connectivity index (χ1v) is 42.0. The van der Waals surface area contributed by atoms with Gasteiger partial charge in [-0.2, -0.15) is 0 Å². The van der Waals surface area contributed by atoms with Crippen LogP contribution in [0.25, 0.3) is 0 Å². The largest absolute Gasteiger partial charge is 0.508 e. The Morgan fingerprint density at radius 2 is 0.798 bits per heavy atom. The van der Waals surface area contributed by atoms with Crippen molar-refractivity contribution in [2.45, 2.75) is 166 Å². The minimum atomic E-state index is -0.589. The number of hydrogen-bond donors (Lipinski definition) is 3. The molecule has 6 saturated heterocycles. The number of piperidine rings is 4. The van der Waals surface area contributed by atoms with Crippen LogP contribution in [-0.2, 0) is 45.1 Å². The second-order valence-electron chi connectivity index (χ2n) is 35.8. The lowest BCUT2D eigenvalue weighted by Gasteiger charge is -2.45. The van der Waals surface area contributed by atoms with E-state index in [0.29, 0.717) is 60.6 Å². The number of phenols is 1. The zero-order valence-corrected chi connectivity index (χ0v) is 67.0. The molecule has 10 aliphatic rings. The Morgan fingerprint density at radius 3 is 1.21 bits per heavy atom. The van der Waals surface area contributed by atoms with Gasteiger partial charge in [-0.05, 0) is 248 Å². The molecule has 18 rings (SSSR count). The summed E-state index contributed by atoms with van der Waals surface area (Å²) < 4.78 is 6.28. The van der Waals surface area contributed by atoms with Crippen molar-refractivity contribution >= 4 is 58.2 Å². The van der Waals surface area contributed by atoms with E-state index in [1.54, 1.807) is 9.80 Å². The Morgan fingerprint density at radius 1 is 0.404 bits per heavy atom. The highest BCUT2D eigenvalue weighted by Gasteiger charge is 2.44. The zero-order valence-electron chi connectivity index (χ0n) is 67.0. The van der Waals surface area contributed by atoms with Gasteiger partial charge in [0, 0.05) is 163 Å². The Labute approximate surface area is 671 Å². The van der Waals surface area contributed by atoms with Crippen molar-refractivity contribution < 1.29 is 38.6 Å². The van der Waals surface area contributed by atoms with E-state index < -0.39 is 12.1 Å². The van der Waals surface area contributed by atoms with Gasteiger partial charge in [0.25, 0.3) is 11.8 Å². The molecule has 18 nitrogen and oxygen atoms in total. The lowest BCUT2D eigenvalue weighted by Crippen LogP contribution is -2.52. The van der Waals surface area contributed by atoms with Gasteiger partial charge in [-0.1, -0.05) is 111 Å². The van der Waals surface area contributed by atoms with Crippen molar-refractivity contribution in [3.63, 3.8) is 0 Å². The first kappa shape index (κ1) is 76.3. The fraction of sp³-hybridized carbons (Fsp3) is 0.438. The summed E-state index contributed by atoms with van der Waals surface area (Å²) in [6.45, 7) is 26.4. The van der Waals surface area contributed by atoms with E-state index in [4.69, 9.17) is 4.74 Å². The summed E-state index contributed by atoms with van der Waals surface area (Å²) in [4.78, 5) is 93.2. The van der Waals surface area contributed by atoms with Crippen LogP contribution in [0.1, 0.15) is 199 Å². The summed E-state index contributed by atoms with van der Waals surface area (Å²) in [7, 11) is 0. The van der Waals surface area contributed by atoms with Crippen molar-refractivity contribution in [3.05, 3.63) is 249 Å². The standard InChI is InChI=1S/C50H59N5O4.C46H51N5O4/c1-49(2,3)59-40-16-19-42-36(31-40)12-17-41(34-8-6-5-7-9-34)46(42)35-10-13-38(14-11-35)53-24-22-50(4,23-25-53)33-52-26-28-54(29-27-52)39-15-18-43-37(30-39)32-55(48(43)58)44-20-21-45(56)51-47(44)57;1-46(30-48-23-25-50(26-24-48)36-12-15-40-34(27-36)29-51(45(40)55)41-17-18-42(53)47-44(41)54)19-21-49(22-20-46)35-10-7-32(8-11-35)43-38(31-5-3-2-4-6-31)14-9-33-28-37(52)13-16-39(33)43/h5-11,13-16,18-19,30-31,41,44,46H,12,17,20-29,32-33H2,1-4H3,(H,51,56,57);2-8,10-13,15-16,27-28,38,41,43,52H,9,14,17-26,29-30H2,1H3,(H,47,53,54)/t41-,44?,46+;38-,41?,43+/m11/s1. The summed E-state index contributed by atoms with van der Waals surface area (Å²) in [6, 6.07) is 64.6. The molecule has 6 fully saturated rings. The van der Waals surface area contributed by atoms with Crippen molar-refractivity contribution in [3.8, 4) is 11.5 Å². The Balaban J connectivity index is 0.000000165. The molecular weight excluding hydrogens is 1420 g/mol. The lowest BCUT2D eigenvalue weighted by atomic mass is 9.69. The first-order chi connectivity index (χ1) is 55.1. The number of anilines is 4. The van der Waals surface area contributed by atoms with Crippen LogP contribution in [0.2, 0.25) is 0 Å². The first-order valence-electron chi connectivity index (χ1n) is 42.0. The monoisotopic (exact) mass is 1530 g/mol. The molecule has 8 heterocycles. The molecule has 0 bridgehead atoms. The van der Waals surface area contributed by atoms with Crippen LogP contribution in [0, 0.1) is 10.8 Å². The van der Waals surface area contributed by atoms with Crippen molar-refractivity contribution in [1.29, 1.82) is 0 Å². The van der Waals surface area contributed by atoms with Gasteiger partial charge in [-0.25, -0.2) is 0 Å². The lowest BCUT2D eigenvalue weighted by molar-refractivity contribution is -0.138. The maximum absolute atomic E-state index is 13.2. The number of aromatic hydroxyl groups is 1. The quantitative estimate of drug-likeness (QED) is 0.0825. The molecule has 2 aliphatic carbocycles. The number of piperazine rings is 2. The fourth-order valence-electron chi connectivity index (χ4n) is 20.6. The number of carbonyl (C=O) groups excluding carboxylic acids is 6. The van der Waals surface area contributed by atoms with Crippen molar-refractivity contribution in [1.82, 2.24) is 30.2 Å². The highest BCUT2D eigenvalue weighted by Crippen LogP contribution is 2.50. The van der Waals surface area contributed by atoms with E-state index in [2.05, 4.69) is 226 Å². The van der Waals surface area contributed by atoms with Crippen LogP contribution < -0.4 is 35.0 Å². The van der Waals surface area contributed by atoms with Gasteiger partial charge in [0.05, 0.1) is 0 Å². The van der Waals surface area contributed by atoms with Gasteiger partial charge in [0.2, 0.25) is 23.6 Å². The van der Waals surface area contributed by atoms with Crippen LogP contribution in [0.3, 0.4) is 0 Å². The van der Waals surface area contributed by atoms with Gasteiger partial charge >= 0.3 is 0 Å². The number of carbonyl (C=O) groups is 6. The van der Waals surface area contributed by atoms with Crippen LogP contribution in [0.5, 0.6) is 11.5 Å². The van der Waals surface area contributed by atoms with Crippen LogP contribution in [-0.4, -0.2) is 169 Å². The maximum Gasteiger partial charge on any atom is 0.255 e. The highest BCUT2D eigenvalue weighted by molar-refractivity contribution is 6.07. The molecule has 0 saturated carbocycles. The van der Waals surface area contributed by atoms with Crippen LogP contribution in [0.15, 0.2) is 182 Å². The predicted octanol–water partition coefficient (Wildman–Crippen LogP) is 14.4. The minimum Gasteiger partial charge on any atom is -0.508 e. The number of benzene rings is 8. The minimum absolute atomic E-state index is 0.119. The molecule has 0 aromatic heterocycles. The molecule has 18 heteroatoms. The molecule has 2 unspecified atom stereocenters. The SMILES string of the molecule is CC1(CN2CCN(c3ccc4c(c3)CN(C3CCC(=O)NC3=O)C4=O)CC2)CCN(c2ccc([C@@H]3c4ccc(O)cc4CC[C@@H]3c3ccccc3)cc2)CC1.CC1(CN2CCN(c3ccc4c(c3)CN(C3CCC(=O)NC3=O)C4=O)CC2)CCN(c2ccc([C@@H]3c4ccc(OC(C)(C)C)cc4CC[C@@H]3c3ccccc3)cc2)CC1. The molecular formula is C96H110N10O8. The number of ether oxygens (including phenoxy) is 1. The summed E-state index contributed by atoms with van der Waals surface area (Å²) in [6.07, 6.45) is 10.2. The molecule has 6 amide bonds. The predicted molar refractivity (Wildman–Crippen MR) is 448 cm³/mol. The van der Waals surface area contributed by atoms with Crippen molar-refractivity contribution in [2.75, 3.05) is 111 Å². The second kappa shape index (κ2) is 31.8. The molecule has 8 aliphatic heterocycles. The molecule has 0 radical (unpaired) electrons. The van der Waals surface area contributed by atoms with E-state index >= 15 is 0 Å². The molecule has 592 valence electrons. The van der Waals surface area contributed by atoms with Gasteiger partial charge in [-0.3, -0.25) is 49.2 Å². The number of phenolic OH excluding ortho intramolecular Hbond substituents is 1. The number of fused-ring (bicyclic) bond motifs is 4. The normalized spacial score (nSPS) is 23.8. The number of nitrogens with one attached hydrogen (secondary N) is 2. The Bertz CT molecular complexity index is 4900. The van der Waals surface area contributed by atoms with Gasteiger partial charge in [0.15, 0.2) is 0 Å². The number of amides is 6. The molecule has 3 N–H and O–H groups in total. The second-order valence-corrected chi connectivity index (χ2v) is 35.8. The van der Waals surface area contributed by atoms with E-state index in [1.165, 1.54) is 68.7 Å². The van der Waals surface area contributed by atoms with Crippen molar-refractivity contribution in [2.24, 2.45) is 10.8 Å². The Hall–Kier alpha value is -10.3. The van der Waals surface area contributed by atoms with Gasteiger partial charge in [0.1, 0.15) is 29.2 Å². The highest BCUT2D eigenvalue weighted by atomic mass is 16.5. The number of imide groups is 2. The van der Waals surface area contributed by atoms with Gasteiger partial charge < -0.3 is 39.2 Å². The summed E-state index contributed by atoms with van der Waals surface area (Å²) in [5.74, 6) is 1.18. The third-order valence-electron chi connectivity index (χ3n) is 26.9.